The number of halogens is 3. The van der Waals surface area contributed by atoms with Crippen LogP contribution in [0, 0.1) is 11.6 Å². The molecule has 0 atom stereocenters. The molecule has 5 heteroatoms. The van der Waals surface area contributed by atoms with Crippen molar-refractivity contribution in [3.8, 4) is 0 Å². The number of rotatable bonds is 2. The first-order valence-electron chi connectivity index (χ1n) is 3.15. The monoisotopic (exact) mass is 193 g/mol. The second-order valence-corrected chi connectivity index (χ2v) is 2.63. The molecule has 0 saturated carbocycles. The van der Waals surface area contributed by atoms with Gasteiger partial charge in [0.2, 0.25) is 0 Å². The van der Waals surface area contributed by atoms with E-state index in [1.165, 1.54) is 6.07 Å². The smallest absolute Gasteiger partial charge is 0.163 e. The fraction of sp³-hybridized carbons (Fsp3) is 0.143. The second-order valence-electron chi connectivity index (χ2n) is 2.20. The van der Waals surface area contributed by atoms with E-state index in [9.17, 15) is 8.78 Å². The lowest BCUT2D eigenvalue weighted by Crippen LogP contribution is -2.08. The van der Waals surface area contributed by atoms with Crippen LogP contribution < -0.4 is 5.48 Å². The van der Waals surface area contributed by atoms with E-state index < -0.39 is 11.6 Å². The summed E-state index contributed by atoms with van der Waals surface area (Å²) in [4.78, 5) is 0. The SMILES string of the molecule is ONCc1cc(Cl)cc(F)c1F. The molecule has 0 aliphatic heterocycles. The lowest BCUT2D eigenvalue weighted by molar-refractivity contribution is 0.159. The van der Waals surface area contributed by atoms with Gasteiger partial charge in [-0.25, -0.2) is 14.3 Å². The van der Waals surface area contributed by atoms with E-state index in [1.54, 1.807) is 5.48 Å². The average Bonchev–Trinajstić information content (AvgIpc) is 2.00. The molecule has 0 aliphatic rings. The average molecular weight is 194 g/mol. The Bertz CT molecular complexity index is 293. The number of hydroxylamine groups is 1. The van der Waals surface area contributed by atoms with Gasteiger partial charge < -0.3 is 5.21 Å². The number of benzene rings is 1. The molecule has 0 aliphatic carbocycles. The molecule has 0 fully saturated rings. The van der Waals surface area contributed by atoms with E-state index in [4.69, 9.17) is 16.8 Å². The Labute approximate surface area is 72.7 Å². The third-order valence-electron chi connectivity index (χ3n) is 1.34. The Kier molecular flexibility index (Phi) is 2.97. The summed E-state index contributed by atoms with van der Waals surface area (Å²) in [5.41, 5.74) is 1.70. The first kappa shape index (κ1) is 9.38. The van der Waals surface area contributed by atoms with Gasteiger partial charge in [-0.1, -0.05) is 11.6 Å². The molecule has 2 N–H and O–H groups in total. The van der Waals surface area contributed by atoms with Gasteiger partial charge in [-0.3, -0.25) is 0 Å². The van der Waals surface area contributed by atoms with Crippen molar-refractivity contribution in [2.24, 2.45) is 0 Å². The predicted molar refractivity (Wildman–Crippen MR) is 40.0 cm³/mol. The van der Waals surface area contributed by atoms with Gasteiger partial charge in [0.05, 0.1) is 0 Å². The van der Waals surface area contributed by atoms with Gasteiger partial charge in [0.1, 0.15) is 0 Å². The van der Waals surface area contributed by atoms with Crippen LogP contribution >= 0.6 is 11.6 Å². The molecule has 0 amide bonds. The van der Waals surface area contributed by atoms with Gasteiger partial charge in [0, 0.05) is 17.1 Å². The highest BCUT2D eigenvalue weighted by Crippen LogP contribution is 2.18. The molecule has 0 spiro atoms. The molecule has 66 valence electrons. The Morgan fingerprint density at radius 3 is 2.67 bits per heavy atom. The number of hydrogen-bond donors (Lipinski definition) is 2. The zero-order valence-electron chi connectivity index (χ0n) is 5.94. The van der Waals surface area contributed by atoms with E-state index in [-0.39, 0.29) is 17.1 Å². The summed E-state index contributed by atoms with van der Waals surface area (Å²) in [6.45, 7) is -0.177. The molecule has 0 bridgehead atoms. The first-order chi connectivity index (χ1) is 5.65. The van der Waals surface area contributed by atoms with Crippen molar-refractivity contribution >= 4 is 11.6 Å². The van der Waals surface area contributed by atoms with E-state index >= 15 is 0 Å². The van der Waals surface area contributed by atoms with Crippen LogP contribution in [-0.2, 0) is 6.54 Å². The summed E-state index contributed by atoms with van der Waals surface area (Å²) in [5.74, 6) is -2.02. The van der Waals surface area contributed by atoms with Gasteiger partial charge in [-0.15, -0.1) is 0 Å². The molecular weight excluding hydrogens is 188 g/mol. The number of hydrogen-bond acceptors (Lipinski definition) is 2. The minimum Gasteiger partial charge on any atom is -0.316 e. The topological polar surface area (TPSA) is 32.3 Å². The quantitative estimate of drug-likeness (QED) is 0.557. The largest absolute Gasteiger partial charge is 0.316 e. The van der Waals surface area contributed by atoms with Gasteiger partial charge in [-0.2, -0.15) is 0 Å². The maximum atomic E-state index is 12.8. The maximum absolute atomic E-state index is 12.8. The number of nitrogens with one attached hydrogen (secondary N) is 1. The van der Waals surface area contributed by atoms with E-state index in [2.05, 4.69) is 0 Å². The van der Waals surface area contributed by atoms with Crippen molar-refractivity contribution in [2.75, 3.05) is 0 Å². The summed E-state index contributed by atoms with van der Waals surface area (Å²) in [7, 11) is 0. The van der Waals surface area contributed by atoms with E-state index in [0.717, 1.165) is 6.07 Å². The van der Waals surface area contributed by atoms with Gasteiger partial charge >= 0.3 is 0 Å². The molecule has 0 radical (unpaired) electrons. The fourth-order valence-electron chi connectivity index (χ4n) is 0.823. The predicted octanol–water partition coefficient (Wildman–Crippen LogP) is 2.10. The molecule has 1 rings (SSSR count). The minimum absolute atomic E-state index is 0.0116. The Balaban J connectivity index is 3.09. The van der Waals surface area contributed by atoms with Crippen LogP contribution in [0.2, 0.25) is 5.02 Å². The van der Waals surface area contributed by atoms with Crippen LogP contribution in [0.4, 0.5) is 8.78 Å². The highest BCUT2D eigenvalue weighted by molar-refractivity contribution is 6.30. The summed E-state index contributed by atoms with van der Waals surface area (Å²) in [5, 5.41) is 8.34. The first-order valence-corrected chi connectivity index (χ1v) is 3.53. The Hall–Kier alpha value is -0.710. The van der Waals surface area contributed by atoms with Crippen molar-refractivity contribution < 1.29 is 14.0 Å². The molecule has 0 heterocycles. The van der Waals surface area contributed by atoms with Crippen LogP contribution in [0.15, 0.2) is 12.1 Å². The maximum Gasteiger partial charge on any atom is 0.163 e. The van der Waals surface area contributed by atoms with Crippen LogP contribution in [0.3, 0.4) is 0 Å². The molecule has 0 unspecified atom stereocenters. The summed E-state index contributed by atoms with van der Waals surface area (Å²) in [6.07, 6.45) is 0. The molecule has 0 saturated heterocycles. The summed E-state index contributed by atoms with van der Waals surface area (Å²) in [6, 6.07) is 2.11. The van der Waals surface area contributed by atoms with Gasteiger partial charge in [0.15, 0.2) is 11.6 Å². The van der Waals surface area contributed by atoms with Crippen molar-refractivity contribution in [3.05, 3.63) is 34.4 Å². The van der Waals surface area contributed by atoms with E-state index in [1.807, 2.05) is 0 Å². The van der Waals surface area contributed by atoms with Crippen LogP contribution in [0.5, 0.6) is 0 Å². The van der Waals surface area contributed by atoms with Crippen molar-refractivity contribution in [3.63, 3.8) is 0 Å². The summed E-state index contributed by atoms with van der Waals surface area (Å²) >= 11 is 5.44. The zero-order valence-corrected chi connectivity index (χ0v) is 6.70. The van der Waals surface area contributed by atoms with Crippen LogP contribution in [-0.4, -0.2) is 5.21 Å². The van der Waals surface area contributed by atoms with Gasteiger partial charge in [-0.05, 0) is 12.1 Å². The van der Waals surface area contributed by atoms with Crippen LogP contribution in [0.25, 0.3) is 0 Å². The minimum atomic E-state index is -1.02. The van der Waals surface area contributed by atoms with Crippen LogP contribution in [0.1, 0.15) is 5.56 Å². The molecule has 0 aromatic heterocycles. The molecule has 12 heavy (non-hydrogen) atoms. The van der Waals surface area contributed by atoms with Crippen molar-refractivity contribution in [1.29, 1.82) is 0 Å². The lowest BCUT2D eigenvalue weighted by atomic mass is 10.2. The normalized spacial score (nSPS) is 10.3. The van der Waals surface area contributed by atoms with Crippen molar-refractivity contribution in [1.82, 2.24) is 5.48 Å². The summed E-state index contributed by atoms with van der Waals surface area (Å²) < 4.78 is 25.4. The third-order valence-corrected chi connectivity index (χ3v) is 1.56. The second kappa shape index (κ2) is 3.80. The van der Waals surface area contributed by atoms with Crippen molar-refractivity contribution in [2.45, 2.75) is 6.54 Å². The lowest BCUT2D eigenvalue weighted by Gasteiger charge is -2.02. The molecule has 2 nitrogen and oxygen atoms in total. The Morgan fingerprint density at radius 2 is 2.08 bits per heavy atom. The zero-order chi connectivity index (χ0) is 9.14. The highest BCUT2D eigenvalue weighted by atomic mass is 35.5. The van der Waals surface area contributed by atoms with E-state index in [0.29, 0.717) is 0 Å². The third kappa shape index (κ3) is 1.91. The molecular formula is C7H6ClF2NO. The Morgan fingerprint density at radius 1 is 1.42 bits per heavy atom. The highest BCUT2D eigenvalue weighted by Gasteiger charge is 2.08. The van der Waals surface area contributed by atoms with Gasteiger partial charge in [0.25, 0.3) is 0 Å². The standard InChI is InChI=1S/C7H6ClF2NO/c8-5-1-4(3-11-12)7(10)6(9)2-5/h1-2,11-12H,3H2. The molecule has 1 aromatic rings. The molecule has 1 aromatic carbocycles. The fourth-order valence-corrected chi connectivity index (χ4v) is 1.05.